The van der Waals surface area contributed by atoms with Gasteiger partial charge in [0.25, 0.3) is 0 Å². The lowest BCUT2D eigenvalue weighted by molar-refractivity contribution is -0.127. The minimum Gasteiger partial charge on any atom is -0.353 e. The summed E-state index contributed by atoms with van der Waals surface area (Å²) in [6.07, 6.45) is 3.22. The summed E-state index contributed by atoms with van der Waals surface area (Å²) in [4.78, 5) is 11.8. The van der Waals surface area contributed by atoms with Crippen molar-refractivity contribution >= 4 is 5.91 Å². The molecule has 2 nitrogen and oxygen atoms in total. The Balaban J connectivity index is 2.45. The highest BCUT2D eigenvalue weighted by molar-refractivity contribution is 5.85. The van der Waals surface area contributed by atoms with Crippen LogP contribution in [0.2, 0.25) is 0 Å². The predicted octanol–water partition coefficient (Wildman–Crippen LogP) is 2.34. The average Bonchev–Trinajstić information content (AvgIpc) is 2.66. The second kappa shape index (κ2) is 3.69. The summed E-state index contributed by atoms with van der Waals surface area (Å²) in [5.74, 6) is 0.900. The van der Waals surface area contributed by atoms with Gasteiger partial charge in [-0.25, -0.2) is 0 Å². The first kappa shape index (κ1) is 10.6. The molecule has 0 aliphatic heterocycles. The van der Waals surface area contributed by atoms with E-state index in [-0.39, 0.29) is 17.4 Å². The van der Waals surface area contributed by atoms with Gasteiger partial charge in [0.1, 0.15) is 0 Å². The summed E-state index contributed by atoms with van der Waals surface area (Å²) in [5.41, 5.74) is 0.0123. The third-order valence-corrected chi connectivity index (χ3v) is 2.55. The lowest BCUT2D eigenvalue weighted by Gasteiger charge is -2.18. The van der Waals surface area contributed by atoms with Gasteiger partial charge < -0.3 is 5.32 Å². The summed E-state index contributed by atoms with van der Waals surface area (Å²) >= 11 is 0. The molecule has 1 saturated carbocycles. The molecule has 0 saturated heterocycles. The van der Waals surface area contributed by atoms with E-state index in [0.29, 0.717) is 5.92 Å². The van der Waals surface area contributed by atoms with E-state index in [0.717, 1.165) is 19.3 Å². The molecular formula is C11H21NO. The molecule has 0 heterocycles. The average molecular weight is 183 g/mol. The van der Waals surface area contributed by atoms with Crippen molar-refractivity contribution in [3.63, 3.8) is 0 Å². The third-order valence-electron chi connectivity index (χ3n) is 2.55. The van der Waals surface area contributed by atoms with Gasteiger partial charge in [0, 0.05) is 11.5 Å². The van der Waals surface area contributed by atoms with E-state index >= 15 is 0 Å². The second-order valence-corrected chi connectivity index (χ2v) is 5.01. The molecule has 1 aliphatic carbocycles. The summed E-state index contributed by atoms with van der Waals surface area (Å²) in [6.45, 7) is 8.40. The number of hydrogen-bond donors (Lipinski definition) is 1. The first-order valence-corrected chi connectivity index (χ1v) is 5.27. The Kier molecular flexibility index (Phi) is 2.99. The smallest absolute Gasteiger partial charge is 0.226 e. The van der Waals surface area contributed by atoms with Crippen LogP contribution in [0.1, 0.15) is 47.0 Å². The molecule has 1 aliphatic rings. The zero-order valence-electron chi connectivity index (χ0n) is 9.18. The zero-order chi connectivity index (χ0) is 10.1. The number of rotatable bonds is 4. The van der Waals surface area contributed by atoms with Crippen molar-refractivity contribution in [2.24, 2.45) is 11.3 Å². The number of nitrogens with one attached hydrogen (secondary N) is 1. The highest BCUT2D eigenvalue weighted by atomic mass is 16.2. The number of carbonyl (C=O) groups excluding carboxylic acids is 1. The fourth-order valence-corrected chi connectivity index (χ4v) is 1.87. The number of carbonyl (C=O) groups is 1. The second-order valence-electron chi connectivity index (χ2n) is 5.01. The molecule has 0 aromatic carbocycles. The van der Waals surface area contributed by atoms with E-state index in [1.165, 1.54) is 0 Å². The van der Waals surface area contributed by atoms with Crippen molar-refractivity contribution < 1.29 is 4.79 Å². The van der Waals surface area contributed by atoms with Crippen LogP contribution in [0.25, 0.3) is 0 Å². The molecule has 1 fully saturated rings. The summed E-state index contributed by atoms with van der Waals surface area (Å²) < 4.78 is 0. The van der Waals surface area contributed by atoms with Crippen LogP contribution in [0, 0.1) is 11.3 Å². The lowest BCUT2D eigenvalue weighted by Crippen LogP contribution is -2.37. The maximum Gasteiger partial charge on any atom is 0.226 e. The predicted molar refractivity (Wildman–Crippen MR) is 54.4 cm³/mol. The topological polar surface area (TPSA) is 29.1 Å². The Hall–Kier alpha value is -0.530. The van der Waals surface area contributed by atoms with Gasteiger partial charge in [0.05, 0.1) is 0 Å². The minimum absolute atomic E-state index is 0.0123. The van der Waals surface area contributed by atoms with Crippen LogP contribution in [-0.4, -0.2) is 11.9 Å². The Labute approximate surface area is 81.1 Å². The Morgan fingerprint density at radius 2 is 1.85 bits per heavy atom. The Morgan fingerprint density at radius 1 is 1.31 bits per heavy atom. The molecule has 0 bridgehead atoms. The van der Waals surface area contributed by atoms with Crippen molar-refractivity contribution in [2.45, 2.75) is 53.0 Å². The van der Waals surface area contributed by atoms with Crippen LogP contribution in [0.3, 0.4) is 0 Å². The fraction of sp³-hybridized carbons (Fsp3) is 0.909. The monoisotopic (exact) mass is 183 g/mol. The van der Waals surface area contributed by atoms with Crippen molar-refractivity contribution in [3.05, 3.63) is 0 Å². The SMILES string of the molecule is CC(C)CC1(C(=O)NC(C)C)CC1. The molecule has 13 heavy (non-hydrogen) atoms. The molecule has 0 spiro atoms. The van der Waals surface area contributed by atoms with Crippen LogP contribution < -0.4 is 5.32 Å². The standard InChI is InChI=1S/C11H21NO/c1-8(2)7-11(5-6-11)10(13)12-9(3)4/h8-9H,5-7H2,1-4H3,(H,12,13). The van der Waals surface area contributed by atoms with Crippen LogP contribution in [0.15, 0.2) is 0 Å². The van der Waals surface area contributed by atoms with Crippen molar-refractivity contribution in [3.8, 4) is 0 Å². The molecule has 0 radical (unpaired) electrons. The maximum absolute atomic E-state index is 11.8. The van der Waals surface area contributed by atoms with Crippen LogP contribution in [-0.2, 0) is 4.79 Å². The normalized spacial score (nSPS) is 19.2. The van der Waals surface area contributed by atoms with Crippen molar-refractivity contribution in [1.29, 1.82) is 0 Å². The minimum atomic E-state index is 0.0123. The number of hydrogen-bond acceptors (Lipinski definition) is 1. The molecule has 0 unspecified atom stereocenters. The Bertz CT molecular complexity index is 192. The maximum atomic E-state index is 11.8. The van der Waals surface area contributed by atoms with Gasteiger partial charge in [-0.1, -0.05) is 13.8 Å². The van der Waals surface area contributed by atoms with Crippen LogP contribution >= 0.6 is 0 Å². The van der Waals surface area contributed by atoms with Gasteiger partial charge in [-0.05, 0) is 39.0 Å². The molecule has 76 valence electrons. The molecule has 0 atom stereocenters. The fourth-order valence-electron chi connectivity index (χ4n) is 1.87. The Morgan fingerprint density at radius 3 is 2.15 bits per heavy atom. The van der Waals surface area contributed by atoms with E-state index in [1.54, 1.807) is 0 Å². The first-order valence-electron chi connectivity index (χ1n) is 5.27. The zero-order valence-corrected chi connectivity index (χ0v) is 9.18. The van der Waals surface area contributed by atoms with E-state index in [2.05, 4.69) is 19.2 Å². The van der Waals surface area contributed by atoms with E-state index in [9.17, 15) is 4.79 Å². The van der Waals surface area contributed by atoms with Crippen LogP contribution in [0.4, 0.5) is 0 Å². The van der Waals surface area contributed by atoms with Gasteiger partial charge >= 0.3 is 0 Å². The quantitative estimate of drug-likeness (QED) is 0.712. The van der Waals surface area contributed by atoms with E-state index in [1.807, 2.05) is 13.8 Å². The lowest BCUT2D eigenvalue weighted by atomic mass is 9.93. The molecule has 0 aromatic rings. The van der Waals surface area contributed by atoms with Gasteiger partial charge in [0.15, 0.2) is 0 Å². The van der Waals surface area contributed by atoms with Crippen molar-refractivity contribution in [1.82, 2.24) is 5.32 Å². The summed E-state index contributed by atoms with van der Waals surface area (Å²) in [5, 5.41) is 3.01. The van der Waals surface area contributed by atoms with Crippen LogP contribution in [0.5, 0.6) is 0 Å². The van der Waals surface area contributed by atoms with E-state index in [4.69, 9.17) is 0 Å². The van der Waals surface area contributed by atoms with Gasteiger partial charge in [-0.15, -0.1) is 0 Å². The molecule has 0 aromatic heterocycles. The summed E-state index contributed by atoms with van der Waals surface area (Å²) in [6, 6.07) is 0.275. The highest BCUT2D eigenvalue weighted by Gasteiger charge is 2.49. The molecule has 2 heteroatoms. The van der Waals surface area contributed by atoms with Gasteiger partial charge in [0.2, 0.25) is 5.91 Å². The van der Waals surface area contributed by atoms with E-state index < -0.39 is 0 Å². The molecule has 1 N–H and O–H groups in total. The highest BCUT2D eigenvalue weighted by Crippen LogP contribution is 2.50. The summed E-state index contributed by atoms with van der Waals surface area (Å²) in [7, 11) is 0. The first-order chi connectivity index (χ1) is 5.96. The molecular weight excluding hydrogens is 162 g/mol. The van der Waals surface area contributed by atoms with Crippen molar-refractivity contribution in [2.75, 3.05) is 0 Å². The molecule has 1 rings (SSSR count). The third kappa shape index (κ3) is 2.71. The largest absolute Gasteiger partial charge is 0.353 e. The van der Waals surface area contributed by atoms with Gasteiger partial charge in [-0.2, -0.15) is 0 Å². The number of amides is 1. The molecule has 1 amide bonds. The van der Waals surface area contributed by atoms with Gasteiger partial charge in [-0.3, -0.25) is 4.79 Å².